The van der Waals surface area contributed by atoms with Gasteiger partial charge in [0.05, 0.1) is 26.4 Å². The van der Waals surface area contributed by atoms with Crippen LogP contribution in [-0.4, -0.2) is 265 Å². The fourth-order valence-electron chi connectivity index (χ4n) is 9.59. The van der Waals surface area contributed by atoms with E-state index in [9.17, 15) is 73.2 Å². The van der Waals surface area contributed by atoms with Crippen LogP contribution in [0.4, 0.5) is 0 Å². The Morgan fingerprint density at radius 3 is 0.867 bits per heavy atom. The summed E-state index contributed by atoms with van der Waals surface area (Å²) in [4.78, 5) is 175. The SMILES string of the molecule is CCCCOn1c2ccc(c1=O)C(=O)NCCN1CCNC(=O)c3ccc(c(=O)n3O)C(=O)NCCN(CCNC2=O)CCOCCN2CCNC(=O)c3ccc(n(O)c3=O)C(=O)NCCN(CCNC(=O)c3ccc(n(O)c3=O)C(=O)NCC2)CCOCC1. The highest BCUT2D eigenvalue weighted by atomic mass is 16.7. The maximum atomic E-state index is 14.0. The van der Waals surface area contributed by atoms with Crippen molar-refractivity contribution in [2.75, 3.05) is 164 Å². The first-order valence-corrected chi connectivity index (χ1v) is 29.4. The number of carbonyl (C=O) groups excluding carboxylic acids is 8. The third-order valence-electron chi connectivity index (χ3n) is 14.8. The Labute approximate surface area is 513 Å². The molecule has 0 saturated heterocycles. The molecular weight excluding hydrogens is 1180 g/mol. The monoisotopic (exact) mass is 1260 g/mol. The van der Waals surface area contributed by atoms with Crippen LogP contribution in [0, 0.1) is 0 Å². The lowest BCUT2D eigenvalue weighted by Crippen LogP contribution is -2.45. The quantitative estimate of drug-likeness (QED) is 0.0671. The van der Waals surface area contributed by atoms with Crippen molar-refractivity contribution in [2.45, 2.75) is 19.8 Å². The van der Waals surface area contributed by atoms with E-state index in [-0.39, 0.29) is 189 Å². The number of aromatic nitrogens is 4. The van der Waals surface area contributed by atoms with Crippen LogP contribution in [0.3, 0.4) is 0 Å². The maximum absolute atomic E-state index is 14.0. The molecule has 18 heterocycles. The summed E-state index contributed by atoms with van der Waals surface area (Å²) >= 11 is 0. The highest BCUT2D eigenvalue weighted by Gasteiger charge is 2.25. The lowest BCUT2D eigenvalue weighted by Gasteiger charge is -2.25. The smallest absolute Gasteiger partial charge is 0.296 e. The van der Waals surface area contributed by atoms with Gasteiger partial charge >= 0.3 is 0 Å². The third-order valence-corrected chi connectivity index (χ3v) is 14.8. The summed E-state index contributed by atoms with van der Waals surface area (Å²) in [6.07, 6.45) is 1.20. The number of carbonyl (C=O) groups is 8. The topological polar surface area (TPSA) is 422 Å². The first-order valence-electron chi connectivity index (χ1n) is 29.4. The zero-order valence-corrected chi connectivity index (χ0v) is 49.8. The van der Waals surface area contributed by atoms with Crippen molar-refractivity contribution in [3.8, 4) is 0 Å². The Bertz CT molecular complexity index is 3490. The van der Waals surface area contributed by atoms with E-state index in [0.29, 0.717) is 12.8 Å². The number of pyridine rings is 4. The minimum atomic E-state index is -1.18. The van der Waals surface area contributed by atoms with E-state index >= 15 is 0 Å². The van der Waals surface area contributed by atoms with Gasteiger partial charge in [0.25, 0.3) is 69.5 Å². The molecule has 34 heteroatoms. The number of nitrogens with zero attached hydrogens (tertiary/aromatic N) is 8. The largest absolute Gasteiger partial charge is 0.425 e. The van der Waals surface area contributed by atoms with Gasteiger partial charge in [0.15, 0.2) is 0 Å². The molecule has 0 aliphatic carbocycles. The minimum absolute atomic E-state index is 0.0230. The molecule has 14 aliphatic rings. The molecule has 0 spiro atoms. The Kier molecular flexibility index (Phi) is 25.5. The summed E-state index contributed by atoms with van der Waals surface area (Å²) in [6.45, 7) is 2.68. The van der Waals surface area contributed by atoms with Gasteiger partial charge in [-0.25, -0.2) is 0 Å². The summed E-state index contributed by atoms with van der Waals surface area (Å²) in [5.41, 5.74) is -7.82. The lowest BCUT2D eigenvalue weighted by atomic mass is 10.2. The van der Waals surface area contributed by atoms with E-state index in [2.05, 4.69) is 42.5 Å². The molecule has 18 rings (SSSR count). The van der Waals surface area contributed by atoms with E-state index in [0.717, 1.165) is 41.1 Å². The summed E-state index contributed by atoms with van der Waals surface area (Å²) in [5, 5.41) is 53.8. The van der Waals surface area contributed by atoms with Gasteiger partial charge in [-0.05, 0) is 55.0 Å². The molecule has 34 nitrogen and oxygen atoms in total. The van der Waals surface area contributed by atoms with E-state index < -0.39 is 103 Å². The van der Waals surface area contributed by atoms with Crippen LogP contribution in [-0.2, 0) is 9.47 Å². The van der Waals surface area contributed by atoms with Gasteiger partial charge in [0.1, 0.15) is 51.6 Å². The number of ether oxygens (including phenoxy) is 2. The number of hydrogen-bond donors (Lipinski definition) is 11. The van der Waals surface area contributed by atoms with E-state index in [1.807, 2.05) is 6.92 Å². The fourth-order valence-corrected chi connectivity index (χ4v) is 9.59. The van der Waals surface area contributed by atoms with Crippen LogP contribution < -0.4 is 69.6 Å². The van der Waals surface area contributed by atoms with Crippen molar-refractivity contribution >= 4 is 47.3 Å². The predicted octanol–water partition coefficient (Wildman–Crippen LogP) is -5.51. The second-order valence-electron chi connectivity index (χ2n) is 20.8. The predicted molar refractivity (Wildman–Crippen MR) is 317 cm³/mol. The van der Waals surface area contributed by atoms with Crippen molar-refractivity contribution in [3.63, 3.8) is 0 Å². The van der Waals surface area contributed by atoms with E-state index in [1.165, 1.54) is 12.1 Å². The van der Waals surface area contributed by atoms with Crippen molar-refractivity contribution in [1.82, 2.24) is 81.1 Å². The summed E-state index contributed by atoms with van der Waals surface area (Å²) in [7, 11) is 0. The molecule has 12 bridgehead atoms. The van der Waals surface area contributed by atoms with Gasteiger partial charge in [-0.1, -0.05) is 13.3 Å². The summed E-state index contributed by atoms with van der Waals surface area (Å²) in [6, 6.07) is 9.13. The summed E-state index contributed by atoms with van der Waals surface area (Å²) in [5.74, 6) is -6.73. The van der Waals surface area contributed by atoms with Crippen molar-refractivity contribution in [2.24, 2.45) is 0 Å². The molecule has 8 amide bonds. The first-order chi connectivity index (χ1) is 43.4. The second kappa shape index (κ2) is 33.8. The van der Waals surface area contributed by atoms with Crippen LogP contribution >= 0.6 is 0 Å². The molecule has 11 N–H and O–H groups in total. The summed E-state index contributed by atoms with van der Waals surface area (Å²) < 4.78 is 13.0. The van der Waals surface area contributed by atoms with Gasteiger partial charge in [-0.2, -0.15) is 0 Å². The van der Waals surface area contributed by atoms with Crippen LogP contribution in [0.2, 0.25) is 0 Å². The van der Waals surface area contributed by atoms with Crippen LogP contribution in [0.25, 0.3) is 0 Å². The van der Waals surface area contributed by atoms with Gasteiger partial charge in [-0.3, -0.25) is 77.1 Å². The number of rotatable bonds is 4. The van der Waals surface area contributed by atoms with E-state index in [4.69, 9.17) is 14.3 Å². The van der Waals surface area contributed by atoms with Crippen LogP contribution in [0.1, 0.15) is 103 Å². The number of hydrogen-bond acceptors (Lipinski definition) is 22. The van der Waals surface area contributed by atoms with Gasteiger partial charge in [-0.15, -0.1) is 18.9 Å². The molecule has 0 saturated carbocycles. The van der Waals surface area contributed by atoms with Gasteiger partial charge in [0, 0.05) is 131 Å². The van der Waals surface area contributed by atoms with Crippen molar-refractivity contribution < 1.29 is 68.3 Å². The fraction of sp³-hybridized carbons (Fsp3) is 0.500. The number of amides is 8. The second-order valence-corrected chi connectivity index (χ2v) is 20.8. The normalized spacial score (nSPS) is 21.1. The van der Waals surface area contributed by atoms with Crippen molar-refractivity contribution in [1.29, 1.82) is 0 Å². The molecule has 14 aliphatic heterocycles. The number of nitrogens with one attached hydrogen (secondary N) is 8. The Hall–Kier alpha value is -9.48. The van der Waals surface area contributed by atoms with Crippen molar-refractivity contribution in [3.05, 3.63) is 135 Å². The average Bonchev–Trinajstić information content (AvgIpc) is 1.37. The lowest BCUT2D eigenvalue weighted by molar-refractivity contribution is 0.0729. The first kappa shape index (κ1) is 68.0. The standard InChI is InChI=1S/C56H76N16O18/c1-2-3-32-90-72-44-11-7-40(56(72)84)48(76)60-15-23-67-26-18-63-51(79)43-10-6-39(55(83)71(43)87)47(75)59-14-22-68(27-19-64-52(44)80)31-36-89-34-29-66-21-13-58-46(74)38-5-8-41(69(85)54(38)82)49(77)61-16-24-65(28-33-88-35-30-67)20-12-57-45(73)37-4-9-42(70(86)53(37)81)50(78)62-17-25-66/h4-11,85-87H,2-3,12-36H2,1H3,(H,57,73)(H,58,74)(H,59,75)(H,60,76)(H,61,77)(H,62,78)(H,63,79)(H,64,80). The minimum Gasteiger partial charge on any atom is -0.425 e. The molecule has 4 atom stereocenters. The van der Waals surface area contributed by atoms with E-state index in [1.54, 1.807) is 19.6 Å². The zero-order chi connectivity index (χ0) is 64.7. The number of unbranched alkanes of at least 4 members (excludes halogenated alkanes) is 1. The molecule has 4 aromatic heterocycles. The molecule has 4 unspecified atom stereocenters. The molecule has 0 radical (unpaired) electrons. The molecule has 4 aromatic rings. The average molecular weight is 1260 g/mol. The third kappa shape index (κ3) is 18.5. The molecular formula is C56H76N16O18. The highest BCUT2D eigenvalue weighted by molar-refractivity contribution is 5.99. The van der Waals surface area contributed by atoms with Crippen LogP contribution in [0.5, 0.6) is 0 Å². The molecule has 90 heavy (non-hydrogen) atoms. The molecule has 0 fully saturated rings. The van der Waals surface area contributed by atoms with Crippen LogP contribution in [0.15, 0.2) is 67.7 Å². The molecule has 488 valence electrons. The van der Waals surface area contributed by atoms with Gasteiger partial charge in [0.2, 0.25) is 0 Å². The van der Waals surface area contributed by atoms with Gasteiger partial charge < -0.3 is 72.5 Å². The Morgan fingerprint density at radius 2 is 0.589 bits per heavy atom. The maximum Gasteiger partial charge on any atom is 0.296 e. The highest BCUT2D eigenvalue weighted by Crippen LogP contribution is 2.06. The zero-order valence-electron chi connectivity index (χ0n) is 49.8. The Balaban J connectivity index is 1.22. The molecule has 0 aromatic carbocycles. The Morgan fingerprint density at radius 1 is 0.344 bits per heavy atom.